The number of carboxylic acids is 1. The molecule has 8 nitrogen and oxygen atoms in total. The third-order valence-corrected chi connectivity index (χ3v) is 5.22. The zero-order valence-corrected chi connectivity index (χ0v) is 16.2. The number of nitrogens with zero attached hydrogens (tertiary/aromatic N) is 5. The van der Waals surface area contributed by atoms with E-state index in [1.54, 1.807) is 30.9 Å². The van der Waals surface area contributed by atoms with Gasteiger partial charge in [0, 0.05) is 41.6 Å². The molecule has 0 aliphatic heterocycles. The maximum atomic E-state index is 11.6. The van der Waals surface area contributed by atoms with Crippen LogP contribution >= 0.6 is 0 Å². The van der Waals surface area contributed by atoms with Crippen LogP contribution in [-0.4, -0.2) is 42.2 Å². The molecule has 27 heavy (non-hydrogen) atoms. The van der Waals surface area contributed by atoms with E-state index in [9.17, 15) is 9.90 Å². The smallest absolute Gasteiger partial charge is 0.311 e. The highest BCUT2D eigenvalue weighted by atomic mass is 16.5. The average Bonchev–Trinajstić information content (AvgIpc) is 3.28. The molecule has 2 unspecified atom stereocenters. The Morgan fingerprint density at radius 2 is 2.07 bits per heavy atom. The number of hydrogen-bond acceptors (Lipinski definition) is 5. The van der Waals surface area contributed by atoms with E-state index >= 15 is 0 Å². The minimum Gasteiger partial charge on any atom is -0.481 e. The SMILES string of the molecule is CCOC(C)n1cc(-c2cnnc3c2ccn3C(C)C(C)(C)C(=O)O)cn1. The van der Waals surface area contributed by atoms with Crippen molar-refractivity contribution < 1.29 is 14.6 Å². The van der Waals surface area contributed by atoms with Crippen molar-refractivity contribution in [1.82, 2.24) is 24.5 Å². The van der Waals surface area contributed by atoms with Gasteiger partial charge >= 0.3 is 5.97 Å². The fourth-order valence-corrected chi connectivity index (χ4v) is 3.03. The van der Waals surface area contributed by atoms with Crippen molar-refractivity contribution in [3.05, 3.63) is 30.9 Å². The molecule has 0 spiro atoms. The summed E-state index contributed by atoms with van der Waals surface area (Å²) in [5.74, 6) is -0.854. The number of hydrogen-bond donors (Lipinski definition) is 1. The zero-order valence-electron chi connectivity index (χ0n) is 16.2. The summed E-state index contributed by atoms with van der Waals surface area (Å²) in [6.07, 6.45) is 7.10. The molecule has 144 valence electrons. The van der Waals surface area contributed by atoms with Gasteiger partial charge in [-0.25, -0.2) is 4.68 Å². The van der Waals surface area contributed by atoms with Crippen molar-refractivity contribution >= 4 is 17.0 Å². The Labute approximate surface area is 157 Å². The maximum Gasteiger partial charge on any atom is 0.311 e. The molecule has 0 aromatic carbocycles. The summed E-state index contributed by atoms with van der Waals surface area (Å²) in [6.45, 7) is 9.79. The lowest BCUT2D eigenvalue weighted by Gasteiger charge is -2.28. The summed E-state index contributed by atoms with van der Waals surface area (Å²) in [5, 5.41) is 23.2. The summed E-state index contributed by atoms with van der Waals surface area (Å²) >= 11 is 0. The van der Waals surface area contributed by atoms with Gasteiger partial charge in [0.05, 0.1) is 17.8 Å². The Morgan fingerprint density at radius 3 is 2.74 bits per heavy atom. The molecule has 3 aromatic rings. The Morgan fingerprint density at radius 1 is 1.33 bits per heavy atom. The van der Waals surface area contributed by atoms with Gasteiger partial charge in [-0.05, 0) is 40.7 Å². The van der Waals surface area contributed by atoms with Gasteiger partial charge in [0.15, 0.2) is 5.65 Å². The molecule has 0 amide bonds. The van der Waals surface area contributed by atoms with E-state index in [0.29, 0.717) is 12.3 Å². The largest absolute Gasteiger partial charge is 0.481 e. The van der Waals surface area contributed by atoms with Crippen molar-refractivity contribution in [3.63, 3.8) is 0 Å². The molecular weight excluding hydrogens is 346 g/mol. The lowest BCUT2D eigenvalue weighted by molar-refractivity contribution is -0.149. The number of carboxylic acid groups (broad SMARTS) is 1. The molecule has 1 N–H and O–H groups in total. The predicted octanol–water partition coefficient (Wildman–Crippen LogP) is 3.52. The standard InChI is InChI=1S/C19H25N5O3/c1-6-27-13(3)24-11-14(9-21-24)16-10-20-22-17-15(16)7-8-23(17)12(2)19(4,5)18(25)26/h7-13H,6H2,1-5H3,(H,25,26). The molecule has 0 saturated heterocycles. The number of rotatable bonds is 7. The Hall–Kier alpha value is -2.74. The van der Waals surface area contributed by atoms with Crippen LogP contribution in [0.15, 0.2) is 30.9 Å². The van der Waals surface area contributed by atoms with Gasteiger partial charge in [0.25, 0.3) is 0 Å². The third kappa shape index (κ3) is 3.32. The fraction of sp³-hybridized carbons (Fsp3) is 0.474. The summed E-state index contributed by atoms with van der Waals surface area (Å²) < 4.78 is 9.20. The summed E-state index contributed by atoms with van der Waals surface area (Å²) in [6, 6.07) is 1.65. The normalized spacial score (nSPS) is 14.4. The summed E-state index contributed by atoms with van der Waals surface area (Å²) in [5.41, 5.74) is 1.51. The average molecular weight is 371 g/mol. The summed E-state index contributed by atoms with van der Waals surface area (Å²) in [7, 11) is 0. The van der Waals surface area contributed by atoms with E-state index in [1.165, 1.54) is 0 Å². The van der Waals surface area contributed by atoms with Crippen molar-refractivity contribution in [2.24, 2.45) is 5.41 Å². The number of fused-ring (bicyclic) bond motifs is 1. The van der Waals surface area contributed by atoms with Crippen LogP contribution in [0.25, 0.3) is 22.2 Å². The highest BCUT2D eigenvalue weighted by Gasteiger charge is 2.35. The first kappa shape index (κ1) is 19.0. The predicted molar refractivity (Wildman–Crippen MR) is 101 cm³/mol. The molecule has 0 aliphatic carbocycles. The quantitative estimate of drug-likeness (QED) is 0.683. The highest BCUT2D eigenvalue weighted by molar-refractivity contribution is 5.92. The molecule has 0 fully saturated rings. The second kappa shape index (κ2) is 7.11. The molecule has 8 heteroatoms. The van der Waals surface area contributed by atoms with Crippen LogP contribution in [0.2, 0.25) is 0 Å². The Kier molecular flexibility index (Phi) is 5.01. The van der Waals surface area contributed by atoms with Crippen LogP contribution in [0.5, 0.6) is 0 Å². The van der Waals surface area contributed by atoms with Crippen molar-refractivity contribution in [1.29, 1.82) is 0 Å². The lowest BCUT2D eigenvalue weighted by Crippen LogP contribution is -2.32. The highest BCUT2D eigenvalue weighted by Crippen LogP contribution is 2.35. The van der Waals surface area contributed by atoms with Crippen LogP contribution in [0.3, 0.4) is 0 Å². The van der Waals surface area contributed by atoms with Gasteiger partial charge in [-0.2, -0.15) is 10.2 Å². The van der Waals surface area contributed by atoms with Gasteiger partial charge in [-0.3, -0.25) is 4.79 Å². The molecule has 3 heterocycles. The molecular formula is C19H25N5O3. The first-order chi connectivity index (χ1) is 12.8. The van der Waals surface area contributed by atoms with Crippen LogP contribution in [0, 0.1) is 5.41 Å². The number of ether oxygens (including phenoxy) is 1. The van der Waals surface area contributed by atoms with Crippen molar-refractivity contribution in [3.8, 4) is 11.1 Å². The van der Waals surface area contributed by atoms with Crippen LogP contribution in [-0.2, 0) is 9.53 Å². The second-order valence-corrected chi connectivity index (χ2v) is 7.19. The van der Waals surface area contributed by atoms with E-state index in [0.717, 1.165) is 16.5 Å². The Balaban J connectivity index is 2.03. The molecule has 0 aliphatic rings. The molecule has 0 bridgehead atoms. The number of aromatic nitrogens is 5. The first-order valence-corrected chi connectivity index (χ1v) is 8.99. The van der Waals surface area contributed by atoms with E-state index in [-0.39, 0.29) is 12.3 Å². The molecule has 0 radical (unpaired) electrons. The van der Waals surface area contributed by atoms with Crippen molar-refractivity contribution in [2.75, 3.05) is 6.61 Å². The van der Waals surface area contributed by atoms with Gasteiger partial charge < -0.3 is 14.4 Å². The van der Waals surface area contributed by atoms with Crippen molar-refractivity contribution in [2.45, 2.75) is 46.9 Å². The lowest BCUT2D eigenvalue weighted by atomic mass is 9.85. The van der Waals surface area contributed by atoms with Crippen LogP contribution < -0.4 is 0 Å². The Bertz CT molecular complexity index is 959. The van der Waals surface area contributed by atoms with E-state index < -0.39 is 11.4 Å². The van der Waals surface area contributed by atoms with Gasteiger partial charge in [0.2, 0.25) is 0 Å². The minimum atomic E-state index is -0.943. The number of aliphatic carboxylic acids is 1. The monoisotopic (exact) mass is 371 g/mol. The topological polar surface area (TPSA) is 95.1 Å². The van der Waals surface area contributed by atoms with E-state index in [4.69, 9.17) is 4.74 Å². The summed E-state index contributed by atoms with van der Waals surface area (Å²) in [4.78, 5) is 11.6. The fourth-order valence-electron chi connectivity index (χ4n) is 3.03. The first-order valence-electron chi connectivity index (χ1n) is 8.99. The molecule has 3 rings (SSSR count). The zero-order chi connectivity index (χ0) is 19.8. The van der Waals surface area contributed by atoms with Gasteiger partial charge in [0.1, 0.15) is 6.23 Å². The number of carbonyl (C=O) groups is 1. The molecule has 0 saturated carbocycles. The van der Waals surface area contributed by atoms with Gasteiger partial charge in [-0.1, -0.05) is 0 Å². The maximum absolute atomic E-state index is 11.6. The molecule has 2 atom stereocenters. The minimum absolute atomic E-state index is 0.157. The third-order valence-electron chi connectivity index (χ3n) is 5.22. The van der Waals surface area contributed by atoms with Gasteiger partial charge in [-0.15, -0.1) is 5.10 Å². The van der Waals surface area contributed by atoms with E-state index in [1.807, 2.05) is 43.8 Å². The van der Waals surface area contributed by atoms with E-state index in [2.05, 4.69) is 15.3 Å². The molecule has 3 aromatic heterocycles. The van der Waals surface area contributed by atoms with Crippen LogP contribution in [0.4, 0.5) is 0 Å². The second-order valence-electron chi connectivity index (χ2n) is 7.19. The van der Waals surface area contributed by atoms with Crippen LogP contribution in [0.1, 0.15) is 46.9 Å².